The predicted octanol–water partition coefficient (Wildman–Crippen LogP) is 2.85. The number of nitrogens with zero attached hydrogens (tertiary/aromatic N) is 4. The van der Waals surface area contributed by atoms with E-state index in [0.717, 1.165) is 51.0 Å². The number of aliphatic imine (C=N–C) groups is 1. The van der Waals surface area contributed by atoms with E-state index in [4.69, 9.17) is 9.73 Å². The Morgan fingerprint density at radius 3 is 2.83 bits per heavy atom. The average molecular weight is 413 g/mol. The van der Waals surface area contributed by atoms with Crippen LogP contribution in [-0.4, -0.2) is 67.1 Å². The van der Waals surface area contributed by atoms with Crippen molar-refractivity contribution in [1.29, 1.82) is 0 Å². The molecule has 2 aromatic rings. The topological polar surface area (TPSA) is 66.7 Å². The summed E-state index contributed by atoms with van der Waals surface area (Å²) < 4.78 is 7.08. The van der Waals surface area contributed by atoms with Crippen molar-refractivity contribution in [2.75, 3.05) is 46.4 Å². The molecule has 0 amide bonds. The van der Waals surface area contributed by atoms with E-state index in [1.165, 1.54) is 18.4 Å². The molecule has 1 atom stereocenters. The molecule has 0 spiro atoms. The summed E-state index contributed by atoms with van der Waals surface area (Å²) in [5.41, 5.74) is 2.27. The molecule has 1 aromatic carbocycles. The van der Waals surface area contributed by atoms with E-state index in [0.29, 0.717) is 5.92 Å². The first-order valence-corrected chi connectivity index (χ1v) is 11.1. The maximum Gasteiger partial charge on any atom is 0.191 e. The molecule has 0 aliphatic carbocycles. The van der Waals surface area contributed by atoms with E-state index in [9.17, 15) is 0 Å². The number of nitrogens with one attached hydrogen (secondary N) is 2. The van der Waals surface area contributed by atoms with Crippen molar-refractivity contribution in [2.45, 2.75) is 32.7 Å². The van der Waals surface area contributed by atoms with E-state index in [2.05, 4.69) is 58.7 Å². The second-order valence-electron chi connectivity index (χ2n) is 7.91. The van der Waals surface area contributed by atoms with Gasteiger partial charge in [0, 0.05) is 39.1 Å². The average Bonchev–Trinajstić information content (AvgIpc) is 3.32. The Hall–Kier alpha value is -2.38. The van der Waals surface area contributed by atoms with E-state index < -0.39 is 0 Å². The number of hydrogen-bond acceptors (Lipinski definition) is 4. The number of benzene rings is 1. The molecule has 30 heavy (non-hydrogen) atoms. The lowest BCUT2D eigenvalue weighted by molar-refractivity contribution is 0.121. The van der Waals surface area contributed by atoms with E-state index in [1.54, 1.807) is 13.3 Å². The lowest BCUT2D eigenvalue weighted by Gasteiger charge is -2.31. The third kappa shape index (κ3) is 6.57. The van der Waals surface area contributed by atoms with Gasteiger partial charge >= 0.3 is 0 Å². The van der Waals surface area contributed by atoms with Gasteiger partial charge < -0.3 is 20.3 Å². The quantitative estimate of drug-likeness (QED) is 0.490. The first kappa shape index (κ1) is 22.3. The van der Waals surface area contributed by atoms with Gasteiger partial charge in [0.05, 0.1) is 18.3 Å². The van der Waals surface area contributed by atoms with Gasteiger partial charge in [-0.05, 0) is 69.5 Å². The largest absolute Gasteiger partial charge is 0.383 e. The maximum atomic E-state index is 5.19. The Morgan fingerprint density at radius 1 is 1.30 bits per heavy atom. The van der Waals surface area contributed by atoms with Crippen LogP contribution in [0.1, 0.15) is 38.3 Å². The Morgan fingerprint density at radius 2 is 2.13 bits per heavy atom. The van der Waals surface area contributed by atoms with Crippen LogP contribution < -0.4 is 10.6 Å². The molecule has 7 nitrogen and oxygen atoms in total. The number of ether oxygens (including phenoxy) is 1. The second kappa shape index (κ2) is 11.7. The summed E-state index contributed by atoms with van der Waals surface area (Å²) in [5, 5.41) is 11.3. The summed E-state index contributed by atoms with van der Waals surface area (Å²) in [4.78, 5) is 7.38. The van der Waals surface area contributed by atoms with Crippen molar-refractivity contribution >= 4 is 5.96 Å². The summed E-state index contributed by atoms with van der Waals surface area (Å²) in [6, 6.07) is 10.5. The molecule has 1 aromatic heterocycles. The molecule has 2 heterocycles. The van der Waals surface area contributed by atoms with E-state index in [-0.39, 0.29) is 6.04 Å². The van der Waals surface area contributed by atoms with Gasteiger partial charge in [-0.1, -0.05) is 12.1 Å². The summed E-state index contributed by atoms with van der Waals surface area (Å²) in [6.07, 6.45) is 6.16. The molecule has 164 valence electrons. The van der Waals surface area contributed by atoms with Crippen LogP contribution in [0.25, 0.3) is 5.69 Å². The molecular formula is C23H36N6O. The van der Waals surface area contributed by atoms with Crippen molar-refractivity contribution in [3.63, 3.8) is 0 Å². The lowest BCUT2D eigenvalue weighted by Crippen LogP contribution is -2.40. The van der Waals surface area contributed by atoms with Crippen LogP contribution in [0.5, 0.6) is 0 Å². The van der Waals surface area contributed by atoms with E-state index >= 15 is 0 Å². The van der Waals surface area contributed by atoms with Gasteiger partial charge in [-0.15, -0.1) is 0 Å². The molecule has 1 aliphatic rings. The molecule has 3 rings (SSSR count). The van der Waals surface area contributed by atoms with Crippen molar-refractivity contribution in [3.05, 3.63) is 48.3 Å². The van der Waals surface area contributed by atoms with Crippen molar-refractivity contribution in [2.24, 2.45) is 10.9 Å². The predicted molar refractivity (Wildman–Crippen MR) is 122 cm³/mol. The highest BCUT2D eigenvalue weighted by atomic mass is 16.5. The Labute approximate surface area is 180 Å². The van der Waals surface area contributed by atoms with Crippen LogP contribution in [-0.2, 0) is 4.74 Å². The van der Waals surface area contributed by atoms with Crippen LogP contribution in [0.2, 0.25) is 0 Å². The normalized spacial score (nSPS) is 17.1. The van der Waals surface area contributed by atoms with Gasteiger partial charge in [-0.25, -0.2) is 4.68 Å². The van der Waals surface area contributed by atoms with Crippen LogP contribution in [0.3, 0.4) is 0 Å². The molecule has 0 bridgehead atoms. The van der Waals surface area contributed by atoms with Crippen LogP contribution >= 0.6 is 0 Å². The van der Waals surface area contributed by atoms with Crippen molar-refractivity contribution in [3.8, 4) is 5.69 Å². The third-order valence-corrected chi connectivity index (χ3v) is 5.66. The number of rotatable bonds is 9. The molecular weight excluding hydrogens is 376 g/mol. The van der Waals surface area contributed by atoms with Gasteiger partial charge in [0.2, 0.25) is 0 Å². The zero-order valence-electron chi connectivity index (χ0n) is 18.6. The van der Waals surface area contributed by atoms with Gasteiger partial charge in [0.15, 0.2) is 5.96 Å². The number of hydrogen-bond donors (Lipinski definition) is 2. The molecule has 0 radical (unpaired) electrons. The van der Waals surface area contributed by atoms with Gasteiger partial charge in [0.25, 0.3) is 0 Å². The Balaban J connectivity index is 1.55. The van der Waals surface area contributed by atoms with Gasteiger partial charge in [0.1, 0.15) is 0 Å². The molecule has 7 heteroatoms. The highest BCUT2D eigenvalue weighted by Gasteiger charge is 2.19. The number of aromatic nitrogens is 2. The molecule has 0 saturated carbocycles. The number of methoxy groups -OCH3 is 1. The minimum Gasteiger partial charge on any atom is -0.383 e. The molecule has 1 saturated heterocycles. The fourth-order valence-electron chi connectivity index (χ4n) is 3.80. The first-order chi connectivity index (χ1) is 14.7. The monoisotopic (exact) mass is 412 g/mol. The molecule has 2 N–H and O–H groups in total. The van der Waals surface area contributed by atoms with Crippen LogP contribution in [0.15, 0.2) is 47.7 Å². The zero-order chi connectivity index (χ0) is 21.2. The minimum absolute atomic E-state index is 0.147. The molecule has 1 fully saturated rings. The standard InChI is InChI=1S/C23H36N6O/c1-4-24-23(25-18-20-9-13-28(14-10-20)15-16-30-3)27-19(2)21-7-5-8-22(17-21)29-12-6-11-26-29/h5-8,11-12,17,19-20H,4,9-10,13-16,18H2,1-3H3,(H2,24,25,27). The van der Waals surface area contributed by atoms with Crippen molar-refractivity contribution in [1.82, 2.24) is 25.3 Å². The first-order valence-electron chi connectivity index (χ1n) is 11.1. The number of guanidine groups is 1. The van der Waals surface area contributed by atoms with Crippen LogP contribution in [0, 0.1) is 5.92 Å². The molecule has 1 aliphatic heterocycles. The summed E-state index contributed by atoms with van der Waals surface area (Å²) >= 11 is 0. The summed E-state index contributed by atoms with van der Waals surface area (Å²) in [6.45, 7) is 10.1. The smallest absolute Gasteiger partial charge is 0.191 e. The van der Waals surface area contributed by atoms with Crippen molar-refractivity contribution < 1.29 is 4.74 Å². The highest BCUT2D eigenvalue weighted by molar-refractivity contribution is 5.80. The van der Waals surface area contributed by atoms with Crippen LogP contribution in [0.4, 0.5) is 0 Å². The lowest BCUT2D eigenvalue weighted by atomic mass is 9.97. The van der Waals surface area contributed by atoms with Gasteiger partial charge in [-0.3, -0.25) is 4.99 Å². The summed E-state index contributed by atoms with van der Waals surface area (Å²) in [7, 11) is 1.77. The third-order valence-electron chi connectivity index (χ3n) is 5.66. The fourth-order valence-corrected chi connectivity index (χ4v) is 3.80. The van der Waals surface area contributed by atoms with Gasteiger partial charge in [-0.2, -0.15) is 5.10 Å². The fraction of sp³-hybridized carbons (Fsp3) is 0.565. The van der Waals surface area contributed by atoms with E-state index in [1.807, 2.05) is 16.9 Å². The number of piperidine rings is 1. The SMILES string of the molecule is CCNC(=NCC1CCN(CCOC)CC1)NC(C)c1cccc(-n2cccn2)c1. The summed E-state index contributed by atoms with van der Waals surface area (Å²) in [5.74, 6) is 1.54. The maximum absolute atomic E-state index is 5.19. The Bertz CT molecular complexity index is 768. The minimum atomic E-state index is 0.147. The molecule has 1 unspecified atom stereocenters. The highest BCUT2D eigenvalue weighted by Crippen LogP contribution is 2.18. The zero-order valence-corrected chi connectivity index (χ0v) is 18.6. The number of likely N-dealkylation sites (tertiary alicyclic amines) is 1. The second-order valence-corrected chi connectivity index (χ2v) is 7.91. The Kier molecular flexibility index (Phi) is 8.71.